The van der Waals surface area contributed by atoms with Gasteiger partial charge in [0.1, 0.15) is 16.4 Å². The van der Waals surface area contributed by atoms with Gasteiger partial charge in [0, 0.05) is 16.8 Å². The first kappa shape index (κ1) is 17.8. The van der Waals surface area contributed by atoms with Gasteiger partial charge in [-0.25, -0.2) is 16.8 Å². The minimum Gasteiger partial charge on any atom is -0.384 e. The van der Waals surface area contributed by atoms with Crippen LogP contribution in [-0.4, -0.2) is 46.3 Å². The zero-order chi connectivity index (χ0) is 16.1. The van der Waals surface area contributed by atoms with Crippen molar-refractivity contribution in [2.24, 2.45) is 0 Å². The van der Waals surface area contributed by atoms with Gasteiger partial charge in [-0.1, -0.05) is 23.4 Å². The zero-order valence-corrected chi connectivity index (χ0v) is 13.5. The van der Waals surface area contributed by atoms with E-state index in [9.17, 15) is 16.8 Å². The van der Waals surface area contributed by atoms with Crippen LogP contribution in [0.5, 0.6) is 0 Å². The van der Waals surface area contributed by atoms with Gasteiger partial charge in [0.15, 0.2) is 0 Å². The van der Waals surface area contributed by atoms with Gasteiger partial charge in [0.25, 0.3) is 0 Å². The molecule has 6 nitrogen and oxygen atoms in total. The number of aliphatic hydroxyl groups excluding tert-OH is 1. The van der Waals surface area contributed by atoms with E-state index in [0.29, 0.717) is 10.6 Å². The molecule has 0 aliphatic heterocycles. The van der Waals surface area contributed by atoms with Gasteiger partial charge in [0.2, 0.25) is 10.0 Å². The van der Waals surface area contributed by atoms with Crippen molar-refractivity contribution in [1.29, 1.82) is 0 Å². The molecule has 116 valence electrons. The quantitative estimate of drug-likeness (QED) is 0.751. The number of aliphatic hydroxyl groups is 1. The summed E-state index contributed by atoms with van der Waals surface area (Å²) in [4.78, 5) is 0. The molecule has 21 heavy (non-hydrogen) atoms. The number of nitrogens with one attached hydrogen (secondary N) is 1. The molecule has 0 aliphatic rings. The fraction of sp³-hybridized carbons (Fsp3) is 0.333. The molecule has 0 spiro atoms. The van der Waals surface area contributed by atoms with Crippen molar-refractivity contribution in [3.8, 4) is 11.8 Å². The third kappa shape index (κ3) is 6.82. The van der Waals surface area contributed by atoms with E-state index in [1.54, 1.807) is 0 Å². The number of anilines is 1. The molecule has 0 aliphatic carbocycles. The molecule has 0 saturated heterocycles. The van der Waals surface area contributed by atoms with Crippen molar-refractivity contribution in [2.45, 2.75) is 0 Å². The number of hydrogen-bond acceptors (Lipinski definition) is 5. The number of sulfonamides is 1. The predicted octanol–water partition coefficient (Wildman–Crippen LogP) is 0.470. The molecule has 1 aromatic carbocycles. The summed E-state index contributed by atoms with van der Waals surface area (Å²) in [7, 11) is -7.24. The minimum absolute atomic E-state index is 0.136. The lowest BCUT2D eigenvalue weighted by Crippen LogP contribution is -2.22. The molecular weight excluding hydrogens is 338 g/mol. The van der Waals surface area contributed by atoms with Crippen LogP contribution in [0.15, 0.2) is 18.2 Å². The summed E-state index contributed by atoms with van der Waals surface area (Å²) in [6, 6.07) is 4.39. The van der Waals surface area contributed by atoms with Crippen molar-refractivity contribution >= 4 is 37.1 Å². The van der Waals surface area contributed by atoms with Crippen LogP contribution in [-0.2, 0) is 19.9 Å². The molecule has 1 rings (SSSR count). The Hall–Kier alpha value is -1.27. The number of hydrogen-bond donors (Lipinski definition) is 2. The SMILES string of the molecule is CS(=O)(=O)CCS(=O)(=O)Nc1cc(Cl)ccc1C#CCO. The average Bonchev–Trinajstić information content (AvgIpc) is 2.34. The van der Waals surface area contributed by atoms with Gasteiger partial charge in [-0.05, 0) is 18.2 Å². The second-order valence-electron chi connectivity index (χ2n) is 4.20. The summed E-state index contributed by atoms with van der Waals surface area (Å²) in [5.74, 6) is 3.93. The van der Waals surface area contributed by atoms with Crippen molar-refractivity contribution in [1.82, 2.24) is 0 Å². The highest BCUT2D eigenvalue weighted by molar-refractivity contribution is 7.95. The van der Waals surface area contributed by atoms with Crippen LogP contribution in [0.25, 0.3) is 0 Å². The lowest BCUT2D eigenvalue weighted by Gasteiger charge is -2.10. The fourth-order valence-electron chi connectivity index (χ4n) is 1.32. The molecule has 0 heterocycles. The molecule has 0 aromatic heterocycles. The van der Waals surface area contributed by atoms with Gasteiger partial charge in [-0.3, -0.25) is 4.72 Å². The predicted molar refractivity (Wildman–Crippen MR) is 82.5 cm³/mol. The maximum atomic E-state index is 11.9. The molecule has 0 unspecified atom stereocenters. The maximum Gasteiger partial charge on any atom is 0.233 e. The standard InChI is InChI=1S/C12H14ClNO5S2/c1-20(16,17)7-8-21(18,19)14-12-9-11(13)5-4-10(12)3-2-6-15/h4-5,9,14-15H,6-8H2,1H3. The molecule has 2 N–H and O–H groups in total. The monoisotopic (exact) mass is 351 g/mol. The third-order valence-electron chi connectivity index (χ3n) is 2.27. The molecule has 1 aromatic rings. The van der Waals surface area contributed by atoms with E-state index in [4.69, 9.17) is 16.7 Å². The topological polar surface area (TPSA) is 101 Å². The second kappa shape index (κ2) is 7.13. The van der Waals surface area contributed by atoms with Crippen LogP contribution in [0.4, 0.5) is 5.69 Å². The summed E-state index contributed by atoms with van der Waals surface area (Å²) in [6.07, 6.45) is 0.958. The lowest BCUT2D eigenvalue weighted by atomic mass is 10.2. The van der Waals surface area contributed by atoms with Crippen molar-refractivity contribution in [3.05, 3.63) is 28.8 Å². The Kier molecular flexibility index (Phi) is 6.04. The van der Waals surface area contributed by atoms with Crippen molar-refractivity contribution < 1.29 is 21.9 Å². The molecule has 0 saturated carbocycles. The van der Waals surface area contributed by atoms with Crippen molar-refractivity contribution in [2.75, 3.05) is 29.1 Å². The lowest BCUT2D eigenvalue weighted by molar-refractivity contribution is 0.350. The highest BCUT2D eigenvalue weighted by Crippen LogP contribution is 2.21. The average molecular weight is 352 g/mol. The first-order chi connectivity index (χ1) is 9.63. The van der Waals surface area contributed by atoms with Gasteiger partial charge >= 0.3 is 0 Å². The Balaban J connectivity index is 3.03. The first-order valence-corrected chi connectivity index (χ1v) is 9.79. The van der Waals surface area contributed by atoms with Gasteiger partial charge in [-0.15, -0.1) is 0 Å². The summed E-state index contributed by atoms with van der Waals surface area (Å²) < 4.78 is 48.0. The largest absolute Gasteiger partial charge is 0.384 e. The van der Waals surface area contributed by atoms with Crippen LogP contribution in [0.1, 0.15) is 5.56 Å². The number of sulfone groups is 1. The maximum absolute atomic E-state index is 11.9. The van der Waals surface area contributed by atoms with Gasteiger partial charge in [-0.2, -0.15) is 0 Å². The zero-order valence-electron chi connectivity index (χ0n) is 11.1. The van der Waals surface area contributed by atoms with E-state index in [2.05, 4.69) is 16.6 Å². The Morgan fingerprint density at radius 1 is 1.24 bits per heavy atom. The third-order valence-corrected chi connectivity index (χ3v) is 4.98. The van der Waals surface area contributed by atoms with E-state index in [0.717, 1.165) is 6.26 Å². The Labute approximate surface area is 129 Å². The molecule has 0 amide bonds. The van der Waals surface area contributed by atoms with Crippen LogP contribution in [0, 0.1) is 11.8 Å². The van der Waals surface area contributed by atoms with Crippen LogP contribution >= 0.6 is 11.6 Å². The summed E-state index contributed by atoms with van der Waals surface area (Å²) in [5.41, 5.74) is 0.466. The summed E-state index contributed by atoms with van der Waals surface area (Å²) >= 11 is 5.80. The van der Waals surface area contributed by atoms with Crippen molar-refractivity contribution in [3.63, 3.8) is 0 Å². The molecule has 9 heteroatoms. The van der Waals surface area contributed by atoms with Crippen LogP contribution in [0.2, 0.25) is 5.02 Å². The minimum atomic E-state index is -3.85. The highest BCUT2D eigenvalue weighted by Gasteiger charge is 2.16. The molecule has 0 fully saturated rings. The van der Waals surface area contributed by atoms with Crippen LogP contribution < -0.4 is 4.72 Å². The van der Waals surface area contributed by atoms with E-state index in [1.807, 2.05) is 0 Å². The second-order valence-corrected chi connectivity index (χ2v) is 8.74. The fourth-order valence-corrected chi connectivity index (χ4v) is 4.19. The Morgan fingerprint density at radius 3 is 2.48 bits per heavy atom. The van der Waals surface area contributed by atoms with Gasteiger partial charge < -0.3 is 5.11 Å². The highest BCUT2D eigenvalue weighted by atomic mass is 35.5. The Morgan fingerprint density at radius 2 is 1.90 bits per heavy atom. The van der Waals surface area contributed by atoms with E-state index in [1.165, 1.54) is 18.2 Å². The molecular formula is C12H14ClNO5S2. The summed E-state index contributed by atoms with van der Waals surface area (Å²) in [5, 5.41) is 8.97. The van der Waals surface area contributed by atoms with Gasteiger partial charge in [0.05, 0.1) is 17.2 Å². The number of benzene rings is 1. The first-order valence-electron chi connectivity index (χ1n) is 5.70. The van der Waals surface area contributed by atoms with E-state index < -0.39 is 31.4 Å². The number of halogens is 1. The van der Waals surface area contributed by atoms with Crippen LogP contribution in [0.3, 0.4) is 0 Å². The van der Waals surface area contributed by atoms with E-state index >= 15 is 0 Å². The van der Waals surface area contributed by atoms with E-state index in [-0.39, 0.29) is 12.3 Å². The molecule has 0 atom stereocenters. The normalized spacial score (nSPS) is 11.6. The molecule has 0 radical (unpaired) electrons. The smallest absolute Gasteiger partial charge is 0.233 e. The summed E-state index contributed by atoms with van der Waals surface area (Å²) in [6.45, 7) is -0.372. The number of rotatable bonds is 5. The Bertz CT molecular complexity index is 776. The molecule has 0 bridgehead atoms.